The Balaban J connectivity index is 2.14. The first-order valence-electron chi connectivity index (χ1n) is 9.05. The molecule has 29 heavy (non-hydrogen) atoms. The lowest BCUT2D eigenvalue weighted by atomic mass is 9.83. The number of nitriles is 1. The molecule has 1 unspecified atom stereocenters. The number of phosphoric acid groups is 1. The van der Waals surface area contributed by atoms with Gasteiger partial charge in [-0.25, -0.2) is 14.1 Å². The number of fused-ring (bicyclic) bond motifs is 1. The van der Waals surface area contributed by atoms with E-state index in [0.717, 1.165) is 0 Å². The standard InChI is InChI=1S/C18H28N5O5P/c1-17(2,3)11-28-29(24,25)27-9-13(26-5)8-18(4,10-19)15-7-6-14-16(20)21-12-22-23(14)15/h6-7,12-13H,8-9,11H2,1-5H3,(H,24,25)(H2,20,21,22)/t13-,18-/m0/s1. The maximum Gasteiger partial charge on any atom is 0.472 e. The molecule has 0 aliphatic heterocycles. The van der Waals surface area contributed by atoms with E-state index in [1.165, 1.54) is 13.4 Å². The minimum absolute atomic E-state index is 0.0611. The van der Waals surface area contributed by atoms with Crippen LogP contribution in [0.2, 0.25) is 0 Å². The van der Waals surface area contributed by atoms with E-state index in [9.17, 15) is 14.7 Å². The highest BCUT2D eigenvalue weighted by atomic mass is 31.2. The molecule has 0 saturated heterocycles. The first-order chi connectivity index (χ1) is 13.4. The second-order valence-electron chi connectivity index (χ2n) is 8.27. The molecule has 2 aromatic rings. The summed E-state index contributed by atoms with van der Waals surface area (Å²) in [5, 5.41) is 14.0. The third kappa shape index (κ3) is 5.98. The molecule has 3 atom stereocenters. The molecule has 0 radical (unpaired) electrons. The van der Waals surface area contributed by atoms with Gasteiger partial charge in [-0.2, -0.15) is 10.4 Å². The van der Waals surface area contributed by atoms with E-state index < -0.39 is 19.3 Å². The molecule has 11 heteroatoms. The average molecular weight is 425 g/mol. The third-order valence-corrected chi connectivity index (χ3v) is 5.28. The van der Waals surface area contributed by atoms with E-state index >= 15 is 0 Å². The molecule has 0 spiro atoms. The number of nitrogens with two attached hydrogens (primary N) is 1. The van der Waals surface area contributed by atoms with Crippen LogP contribution >= 0.6 is 7.82 Å². The number of nitrogen functional groups attached to an aromatic ring is 1. The van der Waals surface area contributed by atoms with Crippen LogP contribution in [0.25, 0.3) is 5.52 Å². The lowest BCUT2D eigenvalue weighted by molar-refractivity contribution is 0.0222. The molecule has 0 aromatic carbocycles. The number of rotatable bonds is 9. The molecular formula is C18H28N5O5P. The molecule has 0 aliphatic carbocycles. The summed E-state index contributed by atoms with van der Waals surface area (Å²) in [5.74, 6) is 0.301. The van der Waals surface area contributed by atoms with Gasteiger partial charge in [0.25, 0.3) is 0 Å². The van der Waals surface area contributed by atoms with Crippen molar-refractivity contribution in [1.29, 1.82) is 5.26 Å². The molecular weight excluding hydrogens is 397 g/mol. The first-order valence-corrected chi connectivity index (χ1v) is 10.5. The molecule has 10 nitrogen and oxygen atoms in total. The summed E-state index contributed by atoms with van der Waals surface area (Å²) < 4.78 is 29.2. The summed E-state index contributed by atoms with van der Waals surface area (Å²) in [6, 6.07) is 5.77. The number of hydrogen-bond acceptors (Lipinski definition) is 8. The Morgan fingerprint density at radius 2 is 2.03 bits per heavy atom. The number of ether oxygens (including phenoxy) is 1. The second-order valence-corrected chi connectivity index (χ2v) is 9.72. The van der Waals surface area contributed by atoms with Gasteiger partial charge in [0.1, 0.15) is 11.8 Å². The van der Waals surface area contributed by atoms with Crippen molar-refractivity contribution in [2.75, 3.05) is 26.1 Å². The number of methoxy groups -OCH3 is 1. The smallest absolute Gasteiger partial charge is 0.382 e. The average Bonchev–Trinajstić information content (AvgIpc) is 3.09. The summed E-state index contributed by atoms with van der Waals surface area (Å²) >= 11 is 0. The lowest BCUT2D eigenvalue weighted by Gasteiger charge is -2.27. The fourth-order valence-electron chi connectivity index (χ4n) is 2.73. The quantitative estimate of drug-likeness (QED) is 0.579. The van der Waals surface area contributed by atoms with Crippen molar-refractivity contribution in [3.63, 3.8) is 0 Å². The van der Waals surface area contributed by atoms with Gasteiger partial charge in [0.05, 0.1) is 36.5 Å². The van der Waals surface area contributed by atoms with Gasteiger partial charge in [-0.3, -0.25) is 9.05 Å². The predicted octanol–water partition coefficient (Wildman–Crippen LogP) is 2.68. The molecule has 2 aromatic heterocycles. The normalized spacial score (nSPS) is 17.4. The molecule has 0 saturated carbocycles. The first kappa shape index (κ1) is 23.3. The zero-order valence-corrected chi connectivity index (χ0v) is 18.2. The summed E-state index contributed by atoms with van der Waals surface area (Å²) in [5.41, 5.74) is 5.74. The highest BCUT2D eigenvalue weighted by Gasteiger charge is 2.35. The van der Waals surface area contributed by atoms with E-state index in [1.54, 1.807) is 23.6 Å². The summed E-state index contributed by atoms with van der Waals surface area (Å²) in [7, 11) is -2.80. The van der Waals surface area contributed by atoms with Crippen molar-refractivity contribution in [1.82, 2.24) is 14.6 Å². The minimum atomic E-state index is -4.24. The van der Waals surface area contributed by atoms with Gasteiger partial charge >= 0.3 is 7.82 Å². The van der Waals surface area contributed by atoms with Gasteiger partial charge in [-0.05, 0) is 30.9 Å². The Morgan fingerprint density at radius 3 is 2.62 bits per heavy atom. The van der Waals surface area contributed by atoms with Crippen molar-refractivity contribution >= 4 is 19.2 Å². The second kappa shape index (κ2) is 8.78. The van der Waals surface area contributed by atoms with Crippen molar-refractivity contribution in [2.45, 2.75) is 45.6 Å². The van der Waals surface area contributed by atoms with Crippen LogP contribution in [-0.4, -0.2) is 45.9 Å². The largest absolute Gasteiger partial charge is 0.472 e. The highest BCUT2D eigenvalue weighted by molar-refractivity contribution is 7.47. The van der Waals surface area contributed by atoms with Crippen LogP contribution in [0.3, 0.4) is 0 Å². The van der Waals surface area contributed by atoms with Crippen molar-refractivity contribution in [2.24, 2.45) is 5.41 Å². The topological polar surface area (TPSA) is 145 Å². The number of aromatic nitrogens is 3. The molecule has 0 amide bonds. The van der Waals surface area contributed by atoms with Crippen molar-refractivity contribution < 1.29 is 23.2 Å². The molecule has 0 aliphatic rings. The summed E-state index contributed by atoms with van der Waals surface area (Å²) in [6.45, 7) is 7.20. The lowest BCUT2D eigenvalue weighted by Crippen LogP contribution is -2.32. The fraction of sp³-hybridized carbons (Fsp3) is 0.611. The summed E-state index contributed by atoms with van der Waals surface area (Å²) in [4.78, 5) is 13.8. The molecule has 3 N–H and O–H groups in total. The number of nitrogens with zero attached hydrogens (tertiary/aromatic N) is 4. The van der Waals surface area contributed by atoms with Crippen LogP contribution in [-0.2, 0) is 23.8 Å². The van der Waals surface area contributed by atoms with E-state index in [-0.39, 0.29) is 25.0 Å². The van der Waals surface area contributed by atoms with Crippen molar-refractivity contribution in [3.8, 4) is 6.07 Å². The minimum Gasteiger partial charge on any atom is -0.382 e. The Labute approximate surface area is 170 Å². The van der Waals surface area contributed by atoms with Crippen LogP contribution < -0.4 is 5.73 Å². The predicted molar refractivity (Wildman–Crippen MR) is 107 cm³/mol. The van der Waals surface area contributed by atoms with Crippen molar-refractivity contribution in [3.05, 3.63) is 24.2 Å². The molecule has 2 rings (SSSR count). The summed E-state index contributed by atoms with van der Waals surface area (Å²) in [6.07, 6.45) is 0.868. The van der Waals surface area contributed by atoms with Gasteiger partial charge in [0.2, 0.25) is 0 Å². The molecule has 0 bridgehead atoms. The fourth-order valence-corrected chi connectivity index (χ4v) is 3.71. The SMILES string of the molecule is CO[C@H](COP(=O)(O)OCC(C)(C)C)C[C@@](C)(C#N)c1ccc2c(N)ncnn12. The Bertz CT molecular complexity index is 935. The Hall–Kier alpha value is -2.02. The van der Waals surface area contributed by atoms with Gasteiger partial charge in [0, 0.05) is 7.11 Å². The zero-order valence-electron chi connectivity index (χ0n) is 17.3. The molecule has 2 heterocycles. The Morgan fingerprint density at radius 1 is 1.34 bits per heavy atom. The maximum absolute atomic E-state index is 12.1. The number of phosphoric ester groups is 1. The van der Waals surface area contributed by atoms with E-state index in [2.05, 4.69) is 16.2 Å². The van der Waals surface area contributed by atoms with Crippen LogP contribution in [0, 0.1) is 16.7 Å². The van der Waals surface area contributed by atoms with Crippen LogP contribution in [0.5, 0.6) is 0 Å². The zero-order chi connectivity index (χ0) is 21.9. The van der Waals surface area contributed by atoms with Crippen LogP contribution in [0.4, 0.5) is 5.82 Å². The number of anilines is 1. The monoisotopic (exact) mass is 425 g/mol. The van der Waals surface area contributed by atoms with Gasteiger partial charge in [-0.15, -0.1) is 0 Å². The van der Waals surface area contributed by atoms with Gasteiger partial charge < -0.3 is 15.4 Å². The van der Waals surface area contributed by atoms with Crippen LogP contribution in [0.1, 0.15) is 39.8 Å². The van der Waals surface area contributed by atoms with E-state index in [1.807, 2.05) is 20.8 Å². The molecule has 0 fully saturated rings. The maximum atomic E-state index is 12.1. The highest BCUT2D eigenvalue weighted by Crippen LogP contribution is 2.45. The molecule has 160 valence electrons. The third-order valence-electron chi connectivity index (χ3n) is 4.35. The van der Waals surface area contributed by atoms with Gasteiger partial charge in [-0.1, -0.05) is 20.8 Å². The van der Waals surface area contributed by atoms with E-state index in [0.29, 0.717) is 17.0 Å². The Kier molecular flexibility index (Phi) is 7.04. The van der Waals surface area contributed by atoms with Crippen LogP contribution in [0.15, 0.2) is 18.5 Å². The van der Waals surface area contributed by atoms with E-state index in [4.69, 9.17) is 19.5 Å². The number of hydrogen-bond donors (Lipinski definition) is 2. The van der Waals surface area contributed by atoms with Gasteiger partial charge in [0.15, 0.2) is 5.82 Å².